The fraction of sp³-hybridized carbons (Fsp3) is 0.533. The van der Waals surface area contributed by atoms with E-state index in [2.05, 4.69) is 26.0 Å². The Balaban J connectivity index is 2.69. The molecule has 142 valence electrons. The fourth-order valence-corrected chi connectivity index (χ4v) is 2.36. The molecule has 1 aromatic rings. The second-order valence-corrected chi connectivity index (χ2v) is 6.98. The summed E-state index contributed by atoms with van der Waals surface area (Å²) >= 11 is 3.01. The van der Waals surface area contributed by atoms with Gasteiger partial charge in [0.15, 0.2) is 0 Å². The van der Waals surface area contributed by atoms with Crippen molar-refractivity contribution in [2.75, 3.05) is 6.54 Å². The lowest BCUT2D eigenvalue weighted by atomic mass is 10.0. The highest BCUT2D eigenvalue weighted by molar-refractivity contribution is 9.10. The Morgan fingerprint density at radius 1 is 1.28 bits per heavy atom. The van der Waals surface area contributed by atoms with Crippen molar-refractivity contribution in [3.8, 4) is 5.75 Å². The Bertz CT molecular complexity index is 604. The van der Waals surface area contributed by atoms with E-state index in [9.17, 15) is 28.2 Å². The second kappa shape index (κ2) is 8.24. The van der Waals surface area contributed by atoms with Crippen LogP contribution in [-0.2, 0) is 4.74 Å². The molecule has 0 radical (unpaired) electrons. The average molecular weight is 430 g/mol. The van der Waals surface area contributed by atoms with Crippen LogP contribution in [0, 0.1) is 0 Å². The number of halogens is 4. The van der Waals surface area contributed by atoms with Gasteiger partial charge >= 0.3 is 12.5 Å². The number of alkyl halides is 3. The van der Waals surface area contributed by atoms with Gasteiger partial charge in [-0.3, -0.25) is 0 Å². The fourth-order valence-electron chi connectivity index (χ4n) is 1.77. The van der Waals surface area contributed by atoms with Gasteiger partial charge in [-0.05, 0) is 38.5 Å². The summed E-state index contributed by atoms with van der Waals surface area (Å²) in [5.41, 5.74) is -0.585. The molecule has 0 heterocycles. The van der Waals surface area contributed by atoms with Crippen LogP contribution in [0.1, 0.15) is 32.4 Å². The molecule has 0 bridgehead atoms. The molecule has 0 aromatic heterocycles. The lowest BCUT2D eigenvalue weighted by molar-refractivity contribution is -0.274. The standard InChI is InChI=1S/C15H19BrF3NO5/c1-14(2,3)25-13(23)20-7-11(21)12(22)9-5-4-8(6-10(9)16)24-15(17,18)19/h4-6,11-12,21-22H,7H2,1-3H3,(H,20,23). The third kappa shape index (κ3) is 7.93. The molecular weight excluding hydrogens is 411 g/mol. The highest BCUT2D eigenvalue weighted by Gasteiger charge is 2.31. The number of amides is 1. The molecular formula is C15H19BrF3NO5. The van der Waals surface area contributed by atoms with Crippen molar-refractivity contribution in [3.63, 3.8) is 0 Å². The van der Waals surface area contributed by atoms with E-state index in [0.29, 0.717) is 0 Å². The monoisotopic (exact) mass is 429 g/mol. The van der Waals surface area contributed by atoms with Gasteiger partial charge in [-0.2, -0.15) is 0 Å². The largest absolute Gasteiger partial charge is 0.573 e. The quantitative estimate of drug-likeness (QED) is 0.668. The zero-order valence-electron chi connectivity index (χ0n) is 13.7. The maximum atomic E-state index is 12.2. The molecule has 2 atom stereocenters. The summed E-state index contributed by atoms with van der Waals surface area (Å²) < 4.78 is 45.4. The maximum absolute atomic E-state index is 12.2. The Morgan fingerprint density at radius 2 is 1.88 bits per heavy atom. The van der Waals surface area contributed by atoms with Crippen LogP contribution in [-0.4, -0.2) is 40.9 Å². The number of carbonyl (C=O) groups excluding carboxylic acids is 1. The van der Waals surface area contributed by atoms with Gasteiger partial charge in [0, 0.05) is 11.0 Å². The Kier molecular flexibility index (Phi) is 7.09. The molecule has 0 saturated carbocycles. The van der Waals surface area contributed by atoms with E-state index in [1.165, 1.54) is 6.07 Å². The van der Waals surface area contributed by atoms with Gasteiger partial charge in [0.1, 0.15) is 23.6 Å². The van der Waals surface area contributed by atoms with E-state index < -0.39 is 36.0 Å². The number of benzene rings is 1. The smallest absolute Gasteiger partial charge is 0.444 e. The highest BCUT2D eigenvalue weighted by atomic mass is 79.9. The molecule has 1 aromatic carbocycles. The molecule has 0 aliphatic rings. The molecule has 0 aliphatic heterocycles. The molecule has 0 aliphatic carbocycles. The number of carbonyl (C=O) groups is 1. The number of hydrogen-bond acceptors (Lipinski definition) is 5. The van der Waals surface area contributed by atoms with E-state index >= 15 is 0 Å². The zero-order valence-corrected chi connectivity index (χ0v) is 15.3. The first-order valence-electron chi connectivity index (χ1n) is 7.16. The van der Waals surface area contributed by atoms with E-state index in [1.54, 1.807) is 20.8 Å². The summed E-state index contributed by atoms with van der Waals surface area (Å²) in [5, 5.41) is 22.3. The van der Waals surface area contributed by atoms with Crippen LogP contribution >= 0.6 is 15.9 Å². The number of ether oxygens (including phenoxy) is 2. The number of alkyl carbamates (subject to hydrolysis) is 1. The third-order valence-electron chi connectivity index (χ3n) is 2.74. The van der Waals surface area contributed by atoms with Gasteiger partial charge in [0.2, 0.25) is 0 Å². The van der Waals surface area contributed by atoms with Crippen LogP contribution in [0.2, 0.25) is 0 Å². The van der Waals surface area contributed by atoms with Crippen LogP contribution in [0.4, 0.5) is 18.0 Å². The highest BCUT2D eigenvalue weighted by Crippen LogP contribution is 2.31. The number of aliphatic hydroxyl groups is 2. The molecule has 3 N–H and O–H groups in total. The van der Waals surface area contributed by atoms with Gasteiger partial charge in [0.05, 0.1) is 0 Å². The minimum atomic E-state index is -4.84. The Morgan fingerprint density at radius 3 is 2.36 bits per heavy atom. The van der Waals surface area contributed by atoms with E-state index in [4.69, 9.17) is 4.74 Å². The number of aliphatic hydroxyl groups excluding tert-OH is 2. The molecule has 0 spiro atoms. The van der Waals surface area contributed by atoms with Crippen molar-refractivity contribution in [2.24, 2.45) is 0 Å². The van der Waals surface area contributed by atoms with Crippen LogP contribution in [0.3, 0.4) is 0 Å². The van der Waals surface area contributed by atoms with Crippen molar-refractivity contribution in [3.05, 3.63) is 28.2 Å². The van der Waals surface area contributed by atoms with Crippen molar-refractivity contribution >= 4 is 22.0 Å². The molecule has 0 fully saturated rings. The normalized spacial score (nSPS) is 14.6. The van der Waals surface area contributed by atoms with Crippen LogP contribution in [0.25, 0.3) is 0 Å². The van der Waals surface area contributed by atoms with E-state index in [1.807, 2.05) is 0 Å². The molecule has 25 heavy (non-hydrogen) atoms. The van der Waals surface area contributed by atoms with Gasteiger partial charge in [-0.1, -0.05) is 22.0 Å². The molecule has 1 amide bonds. The summed E-state index contributed by atoms with van der Waals surface area (Å²) in [5.74, 6) is -0.475. The van der Waals surface area contributed by atoms with Gasteiger partial charge in [0.25, 0.3) is 0 Å². The van der Waals surface area contributed by atoms with Gasteiger partial charge in [-0.15, -0.1) is 13.2 Å². The maximum Gasteiger partial charge on any atom is 0.573 e. The lowest BCUT2D eigenvalue weighted by Gasteiger charge is -2.23. The van der Waals surface area contributed by atoms with Crippen molar-refractivity contribution in [1.82, 2.24) is 5.32 Å². The van der Waals surface area contributed by atoms with Crippen molar-refractivity contribution < 1.29 is 37.7 Å². The first-order chi connectivity index (χ1) is 11.3. The first kappa shape index (κ1) is 21.5. The van der Waals surface area contributed by atoms with Crippen molar-refractivity contribution in [2.45, 2.75) is 44.9 Å². The minimum absolute atomic E-state index is 0.109. The third-order valence-corrected chi connectivity index (χ3v) is 3.43. The van der Waals surface area contributed by atoms with Gasteiger partial charge < -0.3 is 25.0 Å². The summed E-state index contributed by atoms with van der Waals surface area (Å²) in [4.78, 5) is 11.5. The average Bonchev–Trinajstić information content (AvgIpc) is 2.40. The van der Waals surface area contributed by atoms with E-state index in [0.717, 1.165) is 12.1 Å². The number of nitrogens with one attached hydrogen (secondary N) is 1. The zero-order chi connectivity index (χ0) is 19.4. The SMILES string of the molecule is CC(C)(C)OC(=O)NCC(O)C(O)c1ccc(OC(F)(F)F)cc1Br. The Hall–Kier alpha value is -1.52. The van der Waals surface area contributed by atoms with Crippen LogP contribution in [0.15, 0.2) is 22.7 Å². The number of hydrogen-bond donors (Lipinski definition) is 3. The number of rotatable bonds is 5. The summed E-state index contributed by atoms with van der Waals surface area (Å²) in [6.45, 7) is 4.68. The molecule has 10 heteroatoms. The van der Waals surface area contributed by atoms with Crippen LogP contribution in [0.5, 0.6) is 5.75 Å². The minimum Gasteiger partial charge on any atom is -0.444 e. The van der Waals surface area contributed by atoms with E-state index in [-0.39, 0.29) is 16.6 Å². The molecule has 0 saturated heterocycles. The topological polar surface area (TPSA) is 88.0 Å². The predicted octanol–water partition coefficient (Wildman–Crippen LogP) is 3.27. The Labute approximate surface area is 151 Å². The molecule has 6 nitrogen and oxygen atoms in total. The summed E-state index contributed by atoms with van der Waals surface area (Å²) in [6.07, 6.45) is -8.47. The lowest BCUT2D eigenvalue weighted by Crippen LogP contribution is -2.38. The second-order valence-electron chi connectivity index (χ2n) is 6.13. The summed E-state index contributed by atoms with van der Waals surface area (Å²) in [7, 11) is 0. The van der Waals surface area contributed by atoms with Crippen molar-refractivity contribution in [1.29, 1.82) is 0 Å². The van der Waals surface area contributed by atoms with Gasteiger partial charge in [-0.25, -0.2) is 4.79 Å². The van der Waals surface area contributed by atoms with Crippen LogP contribution < -0.4 is 10.1 Å². The summed E-state index contributed by atoms with van der Waals surface area (Å²) in [6, 6.07) is 3.19. The molecule has 1 rings (SSSR count). The molecule has 2 unspecified atom stereocenters. The predicted molar refractivity (Wildman–Crippen MR) is 86.0 cm³/mol. The first-order valence-corrected chi connectivity index (χ1v) is 7.96.